The predicted octanol–water partition coefficient (Wildman–Crippen LogP) is 2.33. The van der Waals surface area contributed by atoms with Crippen molar-refractivity contribution in [2.75, 3.05) is 0 Å². The average Bonchev–Trinajstić information content (AvgIpc) is 2.21. The van der Waals surface area contributed by atoms with Gasteiger partial charge in [-0.15, -0.1) is 0 Å². The first-order chi connectivity index (χ1) is 8.35. The number of hydrogen-bond acceptors (Lipinski definition) is 2. The lowest BCUT2D eigenvalue weighted by atomic mass is 9.71. The maximum absolute atomic E-state index is 12.2. The summed E-state index contributed by atoms with van der Waals surface area (Å²) >= 11 is 0. The van der Waals surface area contributed by atoms with Crippen LogP contribution in [-0.4, -0.2) is 22.5 Å². The van der Waals surface area contributed by atoms with Crippen LogP contribution in [0.25, 0.3) is 0 Å². The van der Waals surface area contributed by atoms with Gasteiger partial charge in [0.2, 0.25) is 5.91 Å². The number of hydrogen-bond donors (Lipinski definition) is 2. The lowest BCUT2D eigenvalue weighted by Crippen LogP contribution is -2.60. The minimum Gasteiger partial charge on any atom is -0.480 e. The van der Waals surface area contributed by atoms with Crippen molar-refractivity contribution in [2.45, 2.75) is 64.3 Å². The van der Waals surface area contributed by atoms with Gasteiger partial charge in [0.1, 0.15) is 5.54 Å². The van der Waals surface area contributed by atoms with Gasteiger partial charge in [0.15, 0.2) is 0 Å². The smallest absolute Gasteiger partial charge is 0.329 e. The number of carbonyl (C=O) groups excluding carboxylic acids is 1. The Bertz CT molecular complexity index is 358. The fourth-order valence-electron chi connectivity index (χ4n) is 3.18. The number of aliphatic carboxylic acids is 1. The standard InChI is InChI=1S/C14H23NO3/c1-13(2)6-3-5-10(9-13)11(16)15-14(12(17)18)7-4-8-14/h10H,3-9H2,1-2H3,(H,15,16)(H,17,18). The third-order valence-electron chi connectivity index (χ3n) is 4.55. The first kappa shape index (κ1) is 13.4. The Balaban J connectivity index is 1.97. The monoisotopic (exact) mass is 253 g/mol. The highest BCUT2D eigenvalue weighted by atomic mass is 16.4. The molecule has 0 spiro atoms. The second kappa shape index (κ2) is 4.56. The molecule has 4 nitrogen and oxygen atoms in total. The maximum Gasteiger partial charge on any atom is 0.329 e. The highest BCUT2D eigenvalue weighted by molar-refractivity contribution is 5.88. The molecular weight excluding hydrogens is 230 g/mol. The van der Waals surface area contributed by atoms with E-state index in [1.54, 1.807) is 0 Å². The minimum absolute atomic E-state index is 0.00873. The zero-order chi connectivity index (χ0) is 13.4. The number of carboxylic acid groups (broad SMARTS) is 1. The van der Waals surface area contributed by atoms with Gasteiger partial charge in [-0.3, -0.25) is 4.79 Å². The Hall–Kier alpha value is -1.06. The molecule has 1 atom stereocenters. The van der Waals surface area contributed by atoms with Crippen molar-refractivity contribution in [2.24, 2.45) is 11.3 Å². The van der Waals surface area contributed by atoms with Gasteiger partial charge >= 0.3 is 5.97 Å². The molecule has 0 aliphatic heterocycles. The topological polar surface area (TPSA) is 66.4 Å². The van der Waals surface area contributed by atoms with Crippen molar-refractivity contribution in [3.63, 3.8) is 0 Å². The highest BCUT2D eigenvalue weighted by Gasteiger charge is 2.47. The average molecular weight is 253 g/mol. The summed E-state index contributed by atoms with van der Waals surface area (Å²) in [4.78, 5) is 23.5. The molecule has 2 fully saturated rings. The summed E-state index contributed by atoms with van der Waals surface area (Å²) in [6.07, 6.45) is 6.02. The molecule has 1 unspecified atom stereocenters. The highest BCUT2D eigenvalue weighted by Crippen LogP contribution is 2.39. The van der Waals surface area contributed by atoms with Gasteiger partial charge in [-0.05, 0) is 43.9 Å². The van der Waals surface area contributed by atoms with Gasteiger partial charge in [0, 0.05) is 5.92 Å². The van der Waals surface area contributed by atoms with Crippen molar-refractivity contribution in [1.29, 1.82) is 0 Å². The van der Waals surface area contributed by atoms with Crippen LogP contribution in [0.2, 0.25) is 0 Å². The SMILES string of the molecule is CC1(C)CCCC(C(=O)NC2(C(=O)O)CCC2)C1. The first-order valence-corrected chi connectivity index (χ1v) is 6.90. The summed E-state index contributed by atoms with van der Waals surface area (Å²) in [7, 11) is 0. The minimum atomic E-state index is -0.960. The van der Waals surface area contributed by atoms with E-state index in [0.29, 0.717) is 12.8 Å². The van der Waals surface area contributed by atoms with Gasteiger partial charge in [-0.2, -0.15) is 0 Å². The van der Waals surface area contributed by atoms with Crippen LogP contribution >= 0.6 is 0 Å². The Morgan fingerprint density at radius 1 is 1.17 bits per heavy atom. The third kappa shape index (κ3) is 2.52. The molecule has 4 heteroatoms. The molecule has 2 saturated carbocycles. The summed E-state index contributed by atoms with van der Waals surface area (Å²) in [5.41, 5.74) is -0.755. The lowest BCUT2D eigenvalue weighted by molar-refractivity contribution is -0.152. The summed E-state index contributed by atoms with van der Waals surface area (Å²) in [6, 6.07) is 0. The second-order valence-electron chi connectivity index (χ2n) is 6.69. The fourth-order valence-corrected chi connectivity index (χ4v) is 3.18. The molecular formula is C14H23NO3. The van der Waals surface area contributed by atoms with Crippen LogP contribution in [-0.2, 0) is 9.59 Å². The van der Waals surface area contributed by atoms with E-state index in [-0.39, 0.29) is 17.2 Å². The number of carbonyl (C=O) groups is 2. The third-order valence-corrected chi connectivity index (χ3v) is 4.55. The number of nitrogens with one attached hydrogen (secondary N) is 1. The zero-order valence-corrected chi connectivity index (χ0v) is 11.3. The molecule has 0 aromatic rings. The van der Waals surface area contributed by atoms with Crippen LogP contribution in [0.4, 0.5) is 0 Å². The van der Waals surface area contributed by atoms with Gasteiger partial charge in [-0.25, -0.2) is 4.79 Å². The first-order valence-electron chi connectivity index (χ1n) is 6.90. The summed E-state index contributed by atoms with van der Waals surface area (Å²) in [5.74, 6) is -0.937. The predicted molar refractivity (Wildman–Crippen MR) is 68.1 cm³/mol. The number of carboxylic acids is 1. The maximum atomic E-state index is 12.2. The Labute approximate surface area is 108 Å². The van der Waals surface area contributed by atoms with Crippen molar-refractivity contribution >= 4 is 11.9 Å². The van der Waals surface area contributed by atoms with Crippen LogP contribution in [0.5, 0.6) is 0 Å². The van der Waals surface area contributed by atoms with E-state index >= 15 is 0 Å². The van der Waals surface area contributed by atoms with E-state index in [1.807, 2.05) is 0 Å². The molecule has 102 valence electrons. The van der Waals surface area contributed by atoms with Crippen molar-refractivity contribution in [3.8, 4) is 0 Å². The van der Waals surface area contributed by atoms with Crippen LogP contribution < -0.4 is 5.32 Å². The van der Waals surface area contributed by atoms with E-state index in [4.69, 9.17) is 0 Å². The molecule has 0 aromatic carbocycles. The van der Waals surface area contributed by atoms with E-state index in [1.165, 1.54) is 0 Å². The molecule has 18 heavy (non-hydrogen) atoms. The van der Waals surface area contributed by atoms with Crippen LogP contribution in [0, 0.1) is 11.3 Å². The van der Waals surface area contributed by atoms with Gasteiger partial charge in [0.05, 0.1) is 0 Å². The van der Waals surface area contributed by atoms with Gasteiger partial charge in [0.25, 0.3) is 0 Å². The number of amides is 1. The Kier molecular flexibility index (Phi) is 3.39. The van der Waals surface area contributed by atoms with E-state index in [2.05, 4.69) is 19.2 Å². The lowest BCUT2D eigenvalue weighted by Gasteiger charge is -2.41. The molecule has 0 radical (unpaired) electrons. The summed E-state index contributed by atoms with van der Waals surface area (Å²) in [6.45, 7) is 4.37. The molecule has 0 heterocycles. The van der Waals surface area contributed by atoms with Gasteiger partial charge < -0.3 is 10.4 Å². The van der Waals surface area contributed by atoms with E-state index in [9.17, 15) is 14.7 Å². The van der Waals surface area contributed by atoms with Gasteiger partial charge in [-0.1, -0.05) is 20.3 Å². The van der Waals surface area contributed by atoms with Crippen molar-refractivity contribution in [1.82, 2.24) is 5.32 Å². The summed E-state index contributed by atoms with van der Waals surface area (Å²) < 4.78 is 0. The second-order valence-corrected chi connectivity index (χ2v) is 6.69. The van der Waals surface area contributed by atoms with Crippen LogP contribution in [0.15, 0.2) is 0 Å². The van der Waals surface area contributed by atoms with Crippen LogP contribution in [0.3, 0.4) is 0 Å². The molecule has 2 aliphatic rings. The molecule has 2 aliphatic carbocycles. The quantitative estimate of drug-likeness (QED) is 0.811. The molecule has 1 amide bonds. The largest absolute Gasteiger partial charge is 0.480 e. The normalized spacial score (nSPS) is 29.1. The van der Waals surface area contributed by atoms with E-state index < -0.39 is 11.5 Å². The molecule has 2 N–H and O–H groups in total. The molecule has 0 saturated heterocycles. The molecule has 0 bridgehead atoms. The van der Waals surface area contributed by atoms with Crippen LogP contribution in [0.1, 0.15) is 58.8 Å². The zero-order valence-electron chi connectivity index (χ0n) is 11.3. The summed E-state index contributed by atoms with van der Waals surface area (Å²) in [5, 5.41) is 12.0. The number of rotatable bonds is 3. The fraction of sp³-hybridized carbons (Fsp3) is 0.857. The van der Waals surface area contributed by atoms with E-state index in [0.717, 1.165) is 32.1 Å². The molecule has 0 aromatic heterocycles. The Morgan fingerprint density at radius 2 is 1.83 bits per heavy atom. The molecule has 2 rings (SSSR count). The van der Waals surface area contributed by atoms with Crippen molar-refractivity contribution in [3.05, 3.63) is 0 Å². The Morgan fingerprint density at radius 3 is 2.28 bits per heavy atom. The van der Waals surface area contributed by atoms with Crippen molar-refractivity contribution < 1.29 is 14.7 Å².